The van der Waals surface area contributed by atoms with Crippen molar-refractivity contribution in [2.24, 2.45) is 0 Å². The van der Waals surface area contributed by atoms with Crippen LogP contribution in [0.25, 0.3) is 11.0 Å². The minimum Gasteiger partial charge on any atom is -0.464 e. The minimum atomic E-state index is -0.804. The van der Waals surface area contributed by atoms with Crippen LogP contribution in [0.1, 0.15) is 16.7 Å². The summed E-state index contributed by atoms with van der Waals surface area (Å²) in [4.78, 5) is 12.1. The van der Waals surface area contributed by atoms with E-state index < -0.39 is 17.5 Å². The lowest BCUT2D eigenvalue weighted by Crippen LogP contribution is -2.15. The SMILES string of the molecule is Cc1cc2occ(CC(=O)Nc3ccc(F)cc3F)c2cc1C. The van der Waals surface area contributed by atoms with Crippen molar-refractivity contribution in [3.63, 3.8) is 0 Å². The molecule has 0 aliphatic carbocycles. The Labute approximate surface area is 131 Å². The molecule has 5 heteroatoms. The molecule has 1 N–H and O–H groups in total. The molecular formula is C18H15F2NO2. The molecule has 1 amide bonds. The summed E-state index contributed by atoms with van der Waals surface area (Å²) in [6.45, 7) is 3.97. The summed E-state index contributed by atoms with van der Waals surface area (Å²) in [7, 11) is 0. The van der Waals surface area contributed by atoms with E-state index in [1.54, 1.807) is 0 Å². The first-order valence-corrected chi connectivity index (χ1v) is 7.16. The number of benzene rings is 2. The van der Waals surface area contributed by atoms with E-state index in [1.807, 2.05) is 26.0 Å². The number of furan rings is 1. The molecule has 23 heavy (non-hydrogen) atoms. The number of anilines is 1. The molecule has 0 bridgehead atoms. The lowest BCUT2D eigenvalue weighted by atomic mass is 10.0. The standard InChI is InChI=1S/C18H15F2NO2/c1-10-5-14-12(9-23-17(14)6-11(10)2)7-18(22)21-16-4-3-13(19)8-15(16)20/h3-6,8-9H,7H2,1-2H3,(H,21,22). The monoisotopic (exact) mass is 315 g/mol. The summed E-state index contributed by atoms with van der Waals surface area (Å²) in [5.74, 6) is -1.88. The lowest BCUT2D eigenvalue weighted by molar-refractivity contribution is -0.115. The highest BCUT2D eigenvalue weighted by molar-refractivity contribution is 5.95. The highest BCUT2D eigenvalue weighted by Crippen LogP contribution is 2.25. The lowest BCUT2D eigenvalue weighted by Gasteiger charge is -2.06. The van der Waals surface area contributed by atoms with Crippen LogP contribution >= 0.6 is 0 Å². The first-order valence-electron chi connectivity index (χ1n) is 7.16. The van der Waals surface area contributed by atoms with Crippen molar-refractivity contribution >= 4 is 22.6 Å². The number of rotatable bonds is 3. The van der Waals surface area contributed by atoms with E-state index in [4.69, 9.17) is 4.42 Å². The van der Waals surface area contributed by atoms with Gasteiger partial charge in [0.2, 0.25) is 5.91 Å². The summed E-state index contributed by atoms with van der Waals surface area (Å²) in [6.07, 6.45) is 1.58. The number of amides is 1. The third-order valence-electron chi connectivity index (χ3n) is 3.83. The smallest absolute Gasteiger partial charge is 0.229 e. The van der Waals surface area contributed by atoms with E-state index in [-0.39, 0.29) is 12.1 Å². The van der Waals surface area contributed by atoms with Crippen molar-refractivity contribution < 1.29 is 18.0 Å². The Morgan fingerprint density at radius 3 is 2.61 bits per heavy atom. The Balaban J connectivity index is 1.81. The normalized spacial score (nSPS) is 11.0. The highest BCUT2D eigenvalue weighted by Gasteiger charge is 2.13. The fraction of sp³-hybridized carbons (Fsp3) is 0.167. The van der Waals surface area contributed by atoms with Crippen molar-refractivity contribution in [3.05, 3.63) is 64.9 Å². The quantitative estimate of drug-likeness (QED) is 0.772. The average molecular weight is 315 g/mol. The summed E-state index contributed by atoms with van der Waals surface area (Å²) in [6, 6.07) is 6.91. The topological polar surface area (TPSA) is 42.2 Å². The third kappa shape index (κ3) is 3.08. The Bertz CT molecular complexity index is 899. The zero-order chi connectivity index (χ0) is 16.6. The molecule has 0 radical (unpaired) electrons. The average Bonchev–Trinajstić information content (AvgIpc) is 2.85. The molecule has 2 aromatic carbocycles. The molecule has 0 saturated carbocycles. The van der Waals surface area contributed by atoms with Gasteiger partial charge < -0.3 is 9.73 Å². The van der Waals surface area contributed by atoms with E-state index in [0.29, 0.717) is 5.58 Å². The number of fused-ring (bicyclic) bond motifs is 1. The van der Waals surface area contributed by atoms with Crippen molar-refractivity contribution in [3.8, 4) is 0 Å². The van der Waals surface area contributed by atoms with E-state index in [1.165, 1.54) is 12.3 Å². The molecule has 0 aliphatic rings. The van der Waals surface area contributed by atoms with Crippen LogP contribution in [0.15, 0.2) is 41.0 Å². The van der Waals surface area contributed by atoms with Crippen LogP contribution in [0.5, 0.6) is 0 Å². The molecule has 0 unspecified atom stereocenters. The molecule has 0 spiro atoms. The Morgan fingerprint density at radius 1 is 1.13 bits per heavy atom. The number of halogens is 2. The van der Waals surface area contributed by atoms with Gasteiger partial charge in [0.05, 0.1) is 18.4 Å². The number of aryl methyl sites for hydroxylation is 2. The highest BCUT2D eigenvalue weighted by atomic mass is 19.1. The second-order valence-electron chi connectivity index (χ2n) is 5.54. The van der Waals surface area contributed by atoms with Gasteiger partial charge in [0.25, 0.3) is 0 Å². The number of carbonyl (C=O) groups excluding carboxylic acids is 1. The summed E-state index contributed by atoms with van der Waals surface area (Å²) >= 11 is 0. The Morgan fingerprint density at radius 2 is 1.87 bits per heavy atom. The van der Waals surface area contributed by atoms with Crippen LogP contribution in [0.2, 0.25) is 0 Å². The fourth-order valence-corrected chi connectivity index (χ4v) is 2.43. The molecule has 118 valence electrons. The van der Waals surface area contributed by atoms with E-state index in [2.05, 4.69) is 5.32 Å². The number of hydrogen-bond donors (Lipinski definition) is 1. The van der Waals surface area contributed by atoms with Gasteiger partial charge in [-0.15, -0.1) is 0 Å². The van der Waals surface area contributed by atoms with Gasteiger partial charge in [-0.3, -0.25) is 4.79 Å². The summed E-state index contributed by atoms with van der Waals surface area (Å²) in [5, 5.41) is 3.31. The van der Waals surface area contributed by atoms with E-state index in [0.717, 1.165) is 34.2 Å². The molecule has 0 aliphatic heterocycles. The fourth-order valence-electron chi connectivity index (χ4n) is 2.43. The van der Waals surface area contributed by atoms with Crippen LogP contribution < -0.4 is 5.32 Å². The van der Waals surface area contributed by atoms with Gasteiger partial charge in [0.15, 0.2) is 0 Å². The molecule has 3 nitrogen and oxygen atoms in total. The van der Waals surface area contributed by atoms with Crippen LogP contribution in [-0.2, 0) is 11.2 Å². The van der Waals surface area contributed by atoms with Crippen LogP contribution in [0.4, 0.5) is 14.5 Å². The van der Waals surface area contributed by atoms with Crippen molar-refractivity contribution in [1.82, 2.24) is 0 Å². The molecule has 1 aromatic heterocycles. The molecule has 1 heterocycles. The van der Waals surface area contributed by atoms with Gasteiger partial charge in [0, 0.05) is 17.0 Å². The number of nitrogens with one attached hydrogen (secondary N) is 1. The zero-order valence-electron chi connectivity index (χ0n) is 12.7. The maximum Gasteiger partial charge on any atom is 0.229 e. The van der Waals surface area contributed by atoms with Crippen molar-refractivity contribution in [1.29, 1.82) is 0 Å². The number of hydrogen-bond acceptors (Lipinski definition) is 2. The van der Waals surface area contributed by atoms with Gasteiger partial charge in [-0.05, 0) is 49.2 Å². The Hall–Kier alpha value is -2.69. The largest absolute Gasteiger partial charge is 0.464 e. The number of carbonyl (C=O) groups is 1. The van der Waals surface area contributed by atoms with Gasteiger partial charge in [-0.1, -0.05) is 0 Å². The zero-order valence-corrected chi connectivity index (χ0v) is 12.7. The molecule has 0 saturated heterocycles. The second-order valence-corrected chi connectivity index (χ2v) is 5.54. The molecule has 0 atom stereocenters. The predicted molar refractivity (Wildman–Crippen MR) is 84.4 cm³/mol. The van der Waals surface area contributed by atoms with Crippen LogP contribution in [-0.4, -0.2) is 5.91 Å². The van der Waals surface area contributed by atoms with E-state index >= 15 is 0 Å². The first-order chi connectivity index (χ1) is 10.9. The van der Waals surface area contributed by atoms with Gasteiger partial charge in [-0.25, -0.2) is 8.78 Å². The third-order valence-corrected chi connectivity index (χ3v) is 3.83. The Kier molecular flexibility index (Phi) is 3.86. The van der Waals surface area contributed by atoms with Gasteiger partial charge in [-0.2, -0.15) is 0 Å². The maximum absolute atomic E-state index is 13.6. The molecule has 3 aromatic rings. The summed E-state index contributed by atoms with van der Waals surface area (Å²) < 4.78 is 31.9. The predicted octanol–water partition coefficient (Wildman–Crippen LogP) is 4.51. The maximum atomic E-state index is 13.6. The van der Waals surface area contributed by atoms with Gasteiger partial charge >= 0.3 is 0 Å². The molecule has 0 fully saturated rings. The van der Waals surface area contributed by atoms with E-state index in [9.17, 15) is 13.6 Å². The van der Waals surface area contributed by atoms with Crippen LogP contribution in [0, 0.1) is 25.5 Å². The minimum absolute atomic E-state index is 0.0452. The van der Waals surface area contributed by atoms with Crippen molar-refractivity contribution in [2.75, 3.05) is 5.32 Å². The van der Waals surface area contributed by atoms with Crippen LogP contribution in [0.3, 0.4) is 0 Å². The van der Waals surface area contributed by atoms with Crippen molar-refractivity contribution in [2.45, 2.75) is 20.3 Å². The first kappa shape index (κ1) is 15.2. The second kappa shape index (κ2) is 5.83. The van der Waals surface area contributed by atoms with Gasteiger partial charge in [0.1, 0.15) is 17.2 Å². The summed E-state index contributed by atoms with van der Waals surface area (Å²) in [5.41, 5.74) is 3.60. The molecular weight excluding hydrogens is 300 g/mol. The molecule has 3 rings (SSSR count).